The highest BCUT2D eigenvalue weighted by molar-refractivity contribution is 5.80. The van der Waals surface area contributed by atoms with Gasteiger partial charge in [0.1, 0.15) is 17.7 Å². The number of amides is 1. The Morgan fingerprint density at radius 2 is 2.00 bits per heavy atom. The fourth-order valence-electron chi connectivity index (χ4n) is 2.24. The quantitative estimate of drug-likeness (QED) is 0.829. The second kappa shape index (κ2) is 5.62. The minimum Gasteiger partial charge on any atom is -0.324 e. The van der Waals surface area contributed by atoms with Gasteiger partial charge in [-0.05, 0) is 18.9 Å². The van der Waals surface area contributed by atoms with Gasteiger partial charge in [-0.3, -0.25) is 4.52 Å². The van der Waals surface area contributed by atoms with Gasteiger partial charge in [0, 0.05) is 13.1 Å². The summed E-state index contributed by atoms with van der Waals surface area (Å²) in [6.07, 6.45) is -0.210. The van der Waals surface area contributed by atoms with Crippen molar-refractivity contribution >= 4 is 6.03 Å². The Morgan fingerprint density at radius 3 is 2.68 bits per heavy atom. The van der Waals surface area contributed by atoms with Crippen LogP contribution in [0.15, 0.2) is 21.7 Å². The van der Waals surface area contributed by atoms with Gasteiger partial charge in [0.2, 0.25) is 5.82 Å². The summed E-state index contributed by atoms with van der Waals surface area (Å²) < 4.78 is 30.6. The van der Waals surface area contributed by atoms with Gasteiger partial charge >= 0.3 is 11.8 Å². The molecule has 0 spiro atoms. The first kappa shape index (κ1) is 14.3. The highest BCUT2D eigenvalue weighted by Gasteiger charge is 2.27. The van der Waals surface area contributed by atoms with Crippen LogP contribution in [0.2, 0.25) is 0 Å². The number of rotatable bonds is 2. The summed E-state index contributed by atoms with van der Waals surface area (Å²) in [4.78, 5) is 32.7. The van der Waals surface area contributed by atoms with E-state index < -0.39 is 23.9 Å². The molecule has 1 saturated heterocycles. The van der Waals surface area contributed by atoms with E-state index in [4.69, 9.17) is 0 Å². The van der Waals surface area contributed by atoms with Crippen LogP contribution in [-0.2, 0) is 0 Å². The fraction of sp³-hybridized carbons (Fsp3) is 0.417. The predicted octanol–water partition coefficient (Wildman–Crippen LogP) is 1.29. The van der Waals surface area contributed by atoms with Gasteiger partial charge in [-0.15, -0.1) is 0 Å². The van der Waals surface area contributed by atoms with Crippen LogP contribution in [0.25, 0.3) is 11.5 Å². The largest absolute Gasteiger partial charge is 0.450 e. The molecule has 22 heavy (non-hydrogen) atoms. The SMILES string of the molecule is O=C(N1CCCC1)n1c(-c2cc(C(F)F)ncn2)noc1=O. The van der Waals surface area contributed by atoms with E-state index in [1.165, 1.54) is 4.90 Å². The predicted molar refractivity (Wildman–Crippen MR) is 68.3 cm³/mol. The van der Waals surface area contributed by atoms with Crippen molar-refractivity contribution in [2.75, 3.05) is 13.1 Å². The first-order valence-corrected chi connectivity index (χ1v) is 6.56. The average Bonchev–Trinajstić information content (AvgIpc) is 3.16. The third kappa shape index (κ3) is 2.47. The number of hydrogen-bond donors (Lipinski definition) is 0. The van der Waals surface area contributed by atoms with E-state index in [9.17, 15) is 18.4 Å². The lowest BCUT2D eigenvalue weighted by Gasteiger charge is -2.14. The summed E-state index contributed by atoms with van der Waals surface area (Å²) in [5.41, 5.74) is -0.607. The third-order valence-electron chi connectivity index (χ3n) is 3.31. The molecule has 1 fully saturated rings. The Bertz CT molecular complexity index is 751. The summed E-state index contributed by atoms with van der Waals surface area (Å²) in [6, 6.07) is 0.367. The molecule has 2 aromatic rings. The van der Waals surface area contributed by atoms with Crippen molar-refractivity contribution in [1.29, 1.82) is 0 Å². The fourth-order valence-corrected chi connectivity index (χ4v) is 2.24. The number of halogens is 2. The maximum Gasteiger partial charge on any atom is 0.450 e. The van der Waals surface area contributed by atoms with Gasteiger partial charge < -0.3 is 4.90 Å². The van der Waals surface area contributed by atoms with Gasteiger partial charge in [0.25, 0.3) is 6.43 Å². The number of nitrogens with zero attached hydrogens (tertiary/aromatic N) is 5. The van der Waals surface area contributed by atoms with Gasteiger partial charge in [0.15, 0.2) is 0 Å². The van der Waals surface area contributed by atoms with Crippen molar-refractivity contribution in [3.05, 3.63) is 28.6 Å². The highest BCUT2D eigenvalue weighted by Crippen LogP contribution is 2.21. The number of carbonyl (C=O) groups excluding carboxylic acids is 1. The van der Waals surface area contributed by atoms with Crippen LogP contribution >= 0.6 is 0 Å². The summed E-state index contributed by atoms with van der Waals surface area (Å²) in [7, 11) is 0. The monoisotopic (exact) mass is 311 g/mol. The molecule has 1 amide bonds. The number of alkyl halides is 2. The topological polar surface area (TPSA) is 94.1 Å². The van der Waals surface area contributed by atoms with Crippen LogP contribution in [0.1, 0.15) is 25.0 Å². The van der Waals surface area contributed by atoms with Crippen molar-refractivity contribution in [2.45, 2.75) is 19.3 Å². The first-order valence-electron chi connectivity index (χ1n) is 6.56. The molecule has 3 rings (SSSR count). The Hall–Kier alpha value is -2.65. The van der Waals surface area contributed by atoms with Crippen molar-refractivity contribution in [3.8, 4) is 11.5 Å². The molecule has 0 saturated carbocycles. The van der Waals surface area contributed by atoms with Gasteiger partial charge in [-0.1, -0.05) is 5.16 Å². The van der Waals surface area contributed by atoms with E-state index in [0.29, 0.717) is 17.7 Å². The van der Waals surface area contributed by atoms with E-state index in [1.54, 1.807) is 0 Å². The first-order chi connectivity index (χ1) is 10.6. The smallest absolute Gasteiger partial charge is 0.324 e. The van der Waals surface area contributed by atoms with E-state index >= 15 is 0 Å². The Labute approximate surface area is 122 Å². The number of hydrogen-bond acceptors (Lipinski definition) is 6. The molecule has 0 aromatic carbocycles. The second-order valence-electron chi connectivity index (χ2n) is 4.71. The molecule has 0 unspecified atom stereocenters. The van der Waals surface area contributed by atoms with Crippen LogP contribution in [-0.4, -0.2) is 43.7 Å². The van der Waals surface area contributed by atoms with Crippen molar-refractivity contribution in [2.24, 2.45) is 0 Å². The number of aromatic nitrogens is 4. The zero-order chi connectivity index (χ0) is 15.7. The van der Waals surface area contributed by atoms with Crippen molar-refractivity contribution < 1.29 is 18.1 Å². The van der Waals surface area contributed by atoms with Crippen LogP contribution in [0.3, 0.4) is 0 Å². The maximum absolute atomic E-state index is 12.7. The highest BCUT2D eigenvalue weighted by atomic mass is 19.3. The van der Waals surface area contributed by atoms with E-state index in [2.05, 4.69) is 19.6 Å². The summed E-state index contributed by atoms with van der Waals surface area (Å²) >= 11 is 0. The number of carbonyl (C=O) groups is 1. The molecule has 8 nitrogen and oxygen atoms in total. The average molecular weight is 311 g/mol. The molecule has 3 heterocycles. The Balaban J connectivity index is 2.03. The lowest BCUT2D eigenvalue weighted by atomic mass is 10.3. The summed E-state index contributed by atoms with van der Waals surface area (Å²) in [5.74, 6) is -1.20. The molecule has 0 N–H and O–H groups in total. The minimum absolute atomic E-state index is 0.0799. The lowest BCUT2D eigenvalue weighted by molar-refractivity contribution is 0.146. The van der Waals surface area contributed by atoms with Gasteiger partial charge in [0.05, 0.1) is 0 Å². The van der Waals surface area contributed by atoms with Crippen LogP contribution < -0.4 is 5.76 Å². The maximum atomic E-state index is 12.7. The zero-order valence-electron chi connectivity index (χ0n) is 11.3. The van der Waals surface area contributed by atoms with Crippen LogP contribution in [0.4, 0.5) is 13.6 Å². The lowest BCUT2D eigenvalue weighted by Crippen LogP contribution is -2.37. The zero-order valence-corrected chi connectivity index (χ0v) is 11.3. The Morgan fingerprint density at radius 1 is 1.27 bits per heavy atom. The molecule has 2 aromatic heterocycles. The van der Waals surface area contributed by atoms with Crippen LogP contribution in [0.5, 0.6) is 0 Å². The Kier molecular flexibility index (Phi) is 3.65. The third-order valence-corrected chi connectivity index (χ3v) is 3.31. The molecule has 0 radical (unpaired) electrons. The molecule has 1 aliphatic rings. The van der Waals surface area contributed by atoms with Crippen LogP contribution in [0, 0.1) is 0 Å². The molecule has 0 bridgehead atoms. The molecule has 10 heteroatoms. The minimum atomic E-state index is -2.80. The summed E-state index contributed by atoms with van der Waals surface area (Å²) in [5, 5.41) is 3.47. The molecule has 0 aliphatic carbocycles. The molecule has 1 aliphatic heterocycles. The normalized spacial score (nSPS) is 14.8. The van der Waals surface area contributed by atoms with Crippen molar-refractivity contribution in [1.82, 2.24) is 24.6 Å². The molecule has 116 valence electrons. The molecular weight excluding hydrogens is 300 g/mol. The molecular formula is C12H11F2N5O3. The second-order valence-corrected chi connectivity index (χ2v) is 4.71. The molecule has 0 atom stereocenters. The standard InChI is InChI=1S/C12H11F2N5O3/c13-9(14)7-5-8(16-6-15-7)10-17-22-12(21)19(10)11(20)18-3-1-2-4-18/h5-6,9H,1-4H2. The number of likely N-dealkylation sites (tertiary alicyclic amines) is 1. The van der Waals surface area contributed by atoms with Gasteiger partial charge in [-0.2, -0.15) is 4.57 Å². The van der Waals surface area contributed by atoms with Gasteiger partial charge in [-0.25, -0.2) is 28.3 Å². The van der Waals surface area contributed by atoms with E-state index in [0.717, 1.165) is 25.2 Å². The van der Waals surface area contributed by atoms with E-state index in [1.807, 2.05) is 0 Å². The van der Waals surface area contributed by atoms with Crippen molar-refractivity contribution in [3.63, 3.8) is 0 Å². The summed E-state index contributed by atoms with van der Waals surface area (Å²) in [6.45, 7) is 1.03. The van der Waals surface area contributed by atoms with E-state index in [-0.39, 0.29) is 11.5 Å².